The van der Waals surface area contributed by atoms with E-state index in [2.05, 4.69) is 5.32 Å². The fourth-order valence-electron chi connectivity index (χ4n) is 3.43. The lowest BCUT2D eigenvalue weighted by atomic mass is 9.74. The van der Waals surface area contributed by atoms with Crippen LogP contribution in [0.5, 0.6) is 0 Å². The molecule has 0 radical (unpaired) electrons. The van der Waals surface area contributed by atoms with Gasteiger partial charge in [0, 0.05) is 31.1 Å². The fourth-order valence-corrected chi connectivity index (χ4v) is 3.62. The molecule has 0 aromatic heterocycles. The Labute approximate surface area is 148 Å². The van der Waals surface area contributed by atoms with Gasteiger partial charge in [-0.15, -0.1) is 0 Å². The van der Waals surface area contributed by atoms with Crippen LogP contribution in [0.4, 0.5) is 4.79 Å². The van der Waals surface area contributed by atoms with Crippen molar-refractivity contribution >= 4 is 17.7 Å². The molecule has 0 aliphatic carbocycles. The Morgan fingerprint density at radius 2 is 2.33 bits per heavy atom. The molecule has 2 N–H and O–H groups in total. The molecule has 6 heteroatoms. The number of hydrogen-bond acceptors (Lipinski definition) is 4. The van der Waals surface area contributed by atoms with Crippen LogP contribution in [0.1, 0.15) is 31.2 Å². The van der Waals surface area contributed by atoms with E-state index < -0.39 is 5.60 Å². The van der Waals surface area contributed by atoms with Crippen molar-refractivity contribution in [2.75, 3.05) is 33.8 Å². The topological polar surface area (TPSA) is 61.8 Å². The third-order valence-electron chi connectivity index (χ3n) is 4.83. The summed E-state index contributed by atoms with van der Waals surface area (Å²) in [4.78, 5) is 13.0. The Hall–Kier alpha value is -1.30. The van der Waals surface area contributed by atoms with Crippen molar-refractivity contribution in [1.29, 1.82) is 0 Å². The van der Waals surface area contributed by atoms with Crippen LogP contribution in [0.25, 0.3) is 0 Å². The summed E-state index contributed by atoms with van der Waals surface area (Å²) in [6, 6.07) is 7.47. The van der Waals surface area contributed by atoms with E-state index in [1.807, 2.05) is 24.3 Å². The van der Waals surface area contributed by atoms with Gasteiger partial charge in [-0.3, -0.25) is 0 Å². The number of ether oxygens (including phenoxy) is 1. The molecule has 1 aliphatic heterocycles. The van der Waals surface area contributed by atoms with E-state index in [0.717, 1.165) is 31.5 Å². The molecule has 2 rings (SSSR count). The van der Waals surface area contributed by atoms with Gasteiger partial charge in [0.25, 0.3) is 0 Å². The molecule has 0 spiro atoms. The molecule has 1 fully saturated rings. The van der Waals surface area contributed by atoms with Gasteiger partial charge in [-0.25, -0.2) is 4.79 Å². The zero-order valence-electron chi connectivity index (χ0n) is 14.4. The number of piperidine rings is 1. The highest BCUT2D eigenvalue weighted by Crippen LogP contribution is 2.38. The van der Waals surface area contributed by atoms with Gasteiger partial charge in [0.15, 0.2) is 0 Å². The quantitative estimate of drug-likeness (QED) is 0.824. The van der Waals surface area contributed by atoms with Crippen LogP contribution < -0.4 is 5.32 Å². The maximum absolute atomic E-state index is 11.5. The van der Waals surface area contributed by atoms with Crippen LogP contribution in [0, 0.1) is 5.92 Å². The molecular weight excluding hydrogens is 328 g/mol. The highest BCUT2D eigenvalue weighted by atomic mass is 35.5. The molecule has 5 nitrogen and oxygen atoms in total. The number of carbonyl (C=O) groups is 1. The number of aliphatic hydroxyl groups is 1. The second-order valence-electron chi connectivity index (χ2n) is 6.47. The van der Waals surface area contributed by atoms with Crippen molar-refractivity contribution in [2.45, 2.75) is 31.3 Å². The zero-order chi connectivity index (χ0) is 17.6. The number of nitrogens with zero attached hydrogens (tertiary/aromatic N) is 1. The normalized spacial score (nSPS) is 20.2. The first-order chi connectivity index (χ1) is 11.5. The van der Waals surface area contributed by atoms with Crippen LogP contribution in [0.3, 0.4) is 0 Å². The molecule has 2 atom stereocenters. The summed E-state index contributed by atoms with van der Waals surface area (Å²) in [7, 11) is 3.07. The average Bonchev–Trinajstić information content (AvgIpc) is 2.61. The van der Waals surface area contributed by atoms with Crippen LogP contribution in [0.15, 0.2) is 24.3 Å². The smallest absolute Gasteiger partial charge is 0.409 e. The zero-order valence-corrected chi connectivity index (χ0v) is 15.2. The molecule has 2 unspecified atom stereocenters. The van der Waals surface area contributed by atoms with Crippen molar-refractivity contribution in [3.05, 3.63) is 34.9 Å². The third-order valence-corrected chi connectivity index (χ3v) is 5.07. The Bertz CT molecular complexity index is 549. The van der Waals surface area contributed by atoms with E-state index in [0.29, 0.717) is 24.4 Å². The second-order valence-corrected chi connectivity index (χ2v) is 6.91. The highest BCUT2D eigenvalue weighted by Gasteiger charge is 2.38. The summed E-state index contributed by atoms with van der Waals surface area (Å²) in [5.41, 5.74) is -0.0978. The minimum Gasteiger partial charge on any atom is -0.453 e. The molecule has 1 saturated heterocycles. The van der Waals surface area contributed by atoms with Gasteiger partial charge in [0.1, 0.15) is 0 Å². The van der Waals surface area contributed by atoms with Gasteiger partial charge >= 0.3 is 6.09 Å². The second kappa shape index (κ2) is 8.70. The molecule has 0 saturated carbocycles. The number of amides is 1. The van der Waals surface area contributed by atoms with E-state index in [1.54, 1.807) is 7.05 Å². The number of halogens is 1. The Morgan fingerprint density at radius 1 is 1.54 bits per heavy atom. The van der Waals surface area contributed by atoms with Gasteiger partial charge in [-0.1, -0.05) is 23.7 Å². The number of nitrogens with one attached hydrogen (secondary N) is 1. The lowest BCUT2D eigenvalue weighted by Gasteiger charge is -2.39. The Balaban J connectivity index is 2.12. The average molecular weight is 355 g/mol. The molecule has 24 heavy (non-hydrogen) atoms. The van der Waals surface area contributed by atoms with E-state index >= 15 is 0 Å². The van der Waals surface area contributed by atoms with E-state index in [-0.39, 0.29) is 12.0 Å². The summed E-state index contributed by atoms with van der Waals surface area (Å²) in [5.74, 6) is 0.133. The van der Waals surface area contributed by atoms with E-state index in [9.17, 15) is 9.90 Å². The summed E-state index contributed by atoms with van der Waals surface area (Å²) in [6.45, 7) is 2.32. The number of methoxy groups -OCH3 is 1. The molecule has 0 bridgehead atoms. The maximum Gasteiger partial charge on any atom is 0.409 e. The van der Waals surface area contributed by atoms with Crippen LogP contribution in [-0.4, -0.2) is 49.9 Å². The highest BCUT2D eigenvalue weighted by molar-refractivity contribution is 6.30. The Kier molecular flexibility index (Phi) is 6.90. The van der Waals surface area contributed by atoms with Crippen molar-refractivity contribution in [3.63, 3.8) is 0 Å². The molecule has 1 aliphatic rings. The summed E-state index contributed by atoms with van der Waals surface area (Å²) in [6.07, 6.45) is 2.92. The minimum absolute atomic E-state index is 0.133. The van der Waals surface area contributed by atoms with Crippen LogP contribution in [-0.2, 0) is 10.3 Å². The largest absolute Gasteiger partial charge is 0.453 e. The SMILES string of the molecule is COC(=O)N(C)CCCC(O)(c1cccc(Cl)c1)C1CCCNC1. The monoisotopic (exact) mass is 354 g/mol. The van der Waals surface area contributed by atoms with E-state index in [4.69, 9.17) is 16.3 Å². The van der Waals surface area contributed by atoms with Gasteiger partial charge < -0.3 is 20.1 Å². The van der Waals surface area contributed by atoms with Crippen molar-refractivity contribution in [2.24, 2.45) is 5.92 Å². The molecule has 1 heterocycles. The van der Waals surface area contributed by atoms with E-state index in [1.165, 1.54) is 12.0 Å². The molecule has 1 aromatic carbocycles. The minimum atomic E-state index is -0.949. The maximum atomic E-state index is 11.5. The lowest BCUT2D eigenvalue weighted by Crippen LogP contribution is -2.44. The number of rotatable bonds is 6. The molecule has 1 amide bonds. The van der Waals surface area contributed by atoms with Crippen molar-refractivity contribution < 1.29 is 14.6 Å². The van der Waals surface area contributed by atoms with Crippen molar-refractivity contribution in [3.8, 4) is 0 Å². The third kappa shape index (κ3) is 4.62. The lowest BCUT2D eigenvalue weighted by molar-refractivity contribution is -0.0432. The van der Waals surface area contributed by atoms with Gasteiger partial charge in [0.05, 0.1) is 12.7 Å². The van der Waals surface area contributed by atoms with Crippen LogP contribution >= 0.6 is 11.6 Å². The first kappa shape index (κ1) is 19.0. The van der Waals surface area contributed by atoms with Gasteiger partial charge in [-0.2, -0.15) is 0 Å². The fraction of sp³-hybridized carbons (Fsp3) is 0.611. The number of carbonyl (C=O) groups excluding carboxylic acids is 1. The first-order valence-electron chi connectivity index (χ1n) is 8.45. The summed E-state index contributed by atoms with van der Waals surface area (Å²) in [5, 5.41) is 15.5. The summed E-state index contributed by atoms with van der Waals surface area (Å²) >= 11 is 6.14. The number of hydrogen-bond donors (Lipinski definition) is 2. The predicted molar refractivity (Wildman–Crippen MR) is 95.2 cm³/mol. The van der Waals surface area contributed by atoms with Gasteiger partial charge in [0.2, 0.25) is 0 Å². The van der Waals surface area contributed by atoms with Gasteiger partial charge in [-0.05, 0) is 49.9 Å². The number of benzene rings is 1. The standard InChI is InChI=1S/C18H27ClN2O3/c1-21(17(22)24-2)11-5-9-18(23,15-7-4-10-20-13-15)14-6-3-8-16(19)12-14/h3,6,8,12,15,20,23H,4-5,7,9-11,13H2,1-2H3. The molecule has 134 valence electrons. The molecular formula is C18H27ClN2O3. The van der Waals surface area contributed by atoms with Crippen molar-refractivity contribution in [1.82, 2.24) is 10.2 Å². The van der Waals surface area contributed by atoms with Crippen LogP contribution in [0.2, 0.25) is 5.02 Å². The summed E-state index contributed by atoms with van der Waals surface area (Å²) < 4.78 is 4.71. The Morgan fingerprint density at radius 3 is 2.96 bits per heavy atom. The molecule has 1 aromatic rings. The first-order valence-corrected chi connectivity index (χ1v) is 8.83. The predicted octanol–water partition coefficient (Wildman–Crippen LogP) is 3.01.